The summed E-state index contributed by atoms with van der Waals surface area (Å²) in [5.74, 6) is 1.47. The van der Waals surface area contributed by atoms with Gasteiger partial charge in [-0.05, 0) is 55.8 Å². The number of halogens is 1. The molecule has 0 saturated heterocycles. The molecule has 1 unspecified atom stereocenters. The Balaban J connectivity index is 1.90. The van der Waals surface area contributed by atoms with Crippen LogP contribution in [0.25, 0.3) is 0 Å². The third-order valence-electron chi connectivity index (χ3n) is 2.86. The molecule has 112 valence electrons. The van der Waals surface area contributed by atoms with E-state index in [4.69, 9.17) is 4.74 Å². The minimum Gasteiger partial charge on any atom is -0.491 e. The summed E-state index contributed by atoms with van der Waals surface area (Å²) in [5.41, 5.74) is 0.913. The number of ether oxygens (including phenoxy) is 1. The summed E-state index contributed by atoms with van der Waals surface area (Å²) in [6.45, 7) is 4.00. The van der Waals surface area contributed by atoms with Crippen molar-refractivity contribution in [3.63, 3.8) is 0 Å². The summed E-state index contributed by atoms with van der Waals surface area (Å²) < 4.78 is 6.66. The second-order valence-corrected chi connectivity index (χ2v) is 7.03. The van der Waals surface area contributed by atoms with Crippen molar-refractivity contribution in [1.82, 2.24) is 0 Å². The van der Waals surface area contributed by atoms with E-state index >= 15 is 0 Å². The fourth-order valence-corrected chi connectivity index (χ4v) is 2.98. The average molecular weight is 367 g/mol. The summed E-state index contributed by atoms with van der Waals surface area (Å²) in [6, 6.07) is 15.8. The Labute approximate surface area is 138 Å². The van der Waals surface area contributed by atoms with Crippen molar-refractivity contribution in [2.75, 3.05) is 5.75 Å². The Morgan fingerprint density at radius 1 is 1.05 bits per heavy atom. The van der Waals surface area contributed by atoms with Crippen molar-refractivity contribution in [3.8, 4) is 5.75 Å². The van der Waals surface area contributed by atoms with E-state index in [1.807, 2.05) is 62.4 Å². The molecular formula is C17H19BrO2S. The third kappa shape index (κ3) is 5.38. The van der Waals surface area contributed by atoms with Gasteiger partial charge in [-0.2, -0.15) is 0 Å². The molecule has 21 heavy (non-hydrogen) atoms. The van der Waals surface area contributed by atoms with Gasteiger partial charge in [0.05, 0.1) is 12.2 Å². The number of thioether (sulfide) groups is 1. The Hall–Kier alpha value is -0.970. The molecule has 0 amide bonds. The SMILES string of the molecule is CC(C)Oc1ccc(C(O)CSc2ccc(Br)cc2)cc1. The van der Waals surface area contributed by atoms with Crippen LogP contribution in [-0.4, -0.2) is 17.0 Å². The monoisotopic (exact) mass is 366 g/mol. The lowest BCUT2D eigenvalue weighted by atomic mass is 10.1. The predicted molar refractivity (Wildman–Crippen MR) is 92.0 cm³/mol. The van der Waals surface area contributed by atoms with E-state index in [1.54, 1.807) is 11.8 Å². The summed E-state index contributed by atoms with van der Waals surface area (Å²) >= 11 is 5.06. The quantitative estimate of drug-likeness (QED) is 0.724. The van der Waals surface area contributed by atoms with Crippen LogP contribution >= 0.6 is 27.7 Å². The molecular weight excluding hydrogens is 348 g/mol. The zero-order valence-corrected chi connectivity index (χ0v) is 14.5. The molecule has 0 saturated carbocycles. The van der Waals surface area contributed by atoms with Gasteiger partial charge in [-0.25, -0.2) is 0 Å². The minimum atomic E-state index is -0.480. The summed E-state index contributed by atoms with van der Waals surface area (Å²) in [5, 5.41) is 10.2. The van der Waals surface area contributed by atoms with Gasteiger partial charge in [-0.1, -0.05) is 28.1 Å². The zero-order chi connectivity index (χ0) is 15.2. The number of benzene rings is 2. The molecule has 2 nitrogen and oxygen atoms in total. The smallest absolute Gasteiger partial charge is 0.119 e. The maximum absolute atomic E-state index is 10.2. The van der Waals surface area contributed by atoms with E-state index < -0.39 is 6.10 Å². The van der Waals surface area contributed by atoms with Crippen molar-refractivity contribution in [3.05, 3.63) is 58.6 Å². The maximum atomic E-state index is 10.2. The predicted octanol–water partition coefficient (Wildman–Crippen LogP) is 5.06. The van der Waals surface area contributed by atoms with Crippen LogP contribution < -0.4 is 4.74 Å². The molecule has 0 aliphatic heterocycles. The van der Waals surface area contributed by atoms with Gasteiger partial charge < -0.3 is 9.84 Å². The second kappa shape index (κ2) is 7.87. The van der Waals surface area contributed by atoms with E-state index in [0.29, 0.717) is 5.75 Å². The molecule has 0 fully saturated rings. The summed E-state index contributed by atoms with van der Waals surface area (Å²) in [4.78, 5) is 1.15. The van der Waals surface area contributed by atoms with Crippen LogP contribution in [0.4, 0.5) is 0 Å². The van der Waals surface area contributed by atoms with Crippen molar-refractivity contribution in [1.29, 1.82) is 0 Å². The topological polar surface area (TPSA) is 29.5 Å². The lowest BCUT2D eigenvalue weighted by Crippen LogP contribution is -2.06. The minimum absolute atomic E-state index is 0.161. The lowest BCUT2D eigenvalue weighted by molar-refractivity contribution is 0.203. The van der Waals surface area contributed by atoms with Crippen molar-refractivity contribution in [2.24, 2.45) is 0 Å². The first-order chi connectivity index (χ1) is 10.0. The van der Waals surface area contributed by atoms with Gasteiger partial charge in [0.25, 0.3) is 0 Å². The fraction of sp³-hybridized carbons (Fsp3) is 0.294. The first-order valence-electron chi connectivity index (χ1n) is 6.87. The number of hydrogen-bond donors (Lipinski definition) is 1. The molecule has 2 rings (SSSR count). The zero-order valence-electron chi connectivity index (χ0n) is 12.1. The lowest BCUT2D eigenvalue weighted by Gasteiger charge is -2.13. The van der Waals surface area contributed by atoms with Crippen LogP contribution in [0.1, 0.15) is 25.5 Å². The number of aliphatic hydroxyl groups excluding tert-OH is 1. The molecule has 2 aromatic rings. The van der Waals surface area contributed by atoms with E-state index in [1.165, 1.54) is 0 Å². The van der Waals surface area contributed by atoms with Crippen LogP contribution in [0.15, 0.2) is 57.9 Å². The van der Waals surface area contributed by atoms with Crippen LogP contribution in [0, 0.1) is 0 Å². The Bertz CT molecular complexity index is 552. The fourth-order valence-electron chi connectivity index (χ4n) is 1.84. The van der Waals surface area contributed by atoms with E-state index in [9.17, 15) is 5.11 Å². The highest BCUT2D eigenvalue weighted by atomic mass is 79.9. The van der Waals surface area contributed by atoms with Crippen LogP contribution in [-0.2, 0) is 0 Å². The van der Waals surface area contributed by atoms with Crippen LogP contribution in [0.2, 0.25) is 0 Å². The van der Waals surface area contributed by atoms with Crippen LogP contribution in [0.5, 0.6) is 5.75 Å². The van der Waals surface area contributed by atoms with Gasteiger partial charge in [0.1, 0.15) is 5.75 Å². The second-order valence-electron chi connectivity index (χ2n) is 5.02. The van der Waals surface area contributed by atoms with Crippen molar-refractivity contribution >= 4 is 27.7 Å². The Morgan fingerprint density at radius 3 is 2.24 bits per heavy atom. The Kier molecular flexibility index (Phi) is 6.15. The molecule has 0 bridgehead atoms. The Morgan fingerprint density at radius 2 is 1.67 bits per heavy atom. The number of hydrogen-bond acceptors (Lipinski definition) is 3. The maximum Gasteiger partial charge on any atom is 0.119 e. The van der Waals surface area contributed by atoms with E-state index in [2.05, 4.69) is 15.9 Å². The van der Waals surface area contributed by atoms with Gasteiger partial charge in [0.2, 0.25) is 0 Å². The molecule has 1 atom stereocenters. The van der Waals surface area contributed by atoms with Gasteiger partial charge in [-0.3, -0.25) is 0 Å². The van der Waals surface area contributed by atoms with E-state index in [-0.39, 0.29) is 6.10 Å². The first kappa shape index (κ1) is 16.4. The highest BCUT2D eigenvalue weighted by Gasteiger charge is 2.09. The molecule has 1 N–H and O–H groups in total. The summed E-state index contributed by atoms with van der Waals surface area (Å²) in [6.07, 6.45) is -0.319. The largest absolute Gasteiger partial charge is 0.491 e. The highest BCUT2D eigenvalue weighted by molar-refractivity contribution is 9.10. The average Bonchev–Trinajstić information content (AvgIpc) is 2.46. The normalized spacial score (nSPS) is 12.4. The first-order valence-corrected chi connectivity index (χ1v) is 8.65. The van der Waals surface area contributed by atoms with Gasteiger partial charge in [-0.15, -0.1) is 11.8 Å². The third-order valence-corrected chi connectivity index (χ3v) is 4.47. The van der Waals surface area contributed by atoms with Crippen molar-refractivity contribution < 1.29 is 9.84 Å². The molecule has 4 heteroatoms. The van der Waals surface area contributed by atoms with Gasteiger partial charge >= 0.3 is 0 Å². The molecule has 2 aromatic carbocycles. The molecule has 0 radical (unpaired) electrons. The summed E-state index contributed by atoms with van der Waals surface area (Å²) in [7, 11) is 0. The molecule has 0 aromatic heterocycles. The van der Waals surface area contributed by atoms with Crippen LogP contribution in [0.3, 0.4) is 0 Å². The molecule has 0 aliphatic carbocycles. The molecule has 0 spiro atoms. The van der Waals surface area contributed by atoms with Crippen molar-refractivity contribution in [2.45, 2.75) is 31.0 Å². The van der Waals surface area contributed by atoms with Gasteiger partial charge in [0, 0.05) is 15.1 Å². The highest BCUT2D eigenvalue weighted by Crippen LogP contribution is 2.27. The van der Waals surface area contributed by atoms with Gasteiger partial charge in [0.15, 0.2) is 0 Å². The molecule has 0 heterocycles. The van der Waals surface area contributed by atoms with E-state index in [0.717, 1.165) is 20.7 Å². The molecule has 0 aliphatic rings. The number of aliphatic hydroxyl groups is 1. The standard InChI is InChI=1S/C17H19BrO2S/c1-12(2)20-15-7-3-13(4-8-15)17(19)11-21-16-9-5-14(18)6-10-16/h3-10,12,17,19H,11H2,1-2H3. The number of rotatable bonds is 6.